The average Bonchev–Trinajstić information content (AvgIpc) is 3.11. The summed E-state index contributed by atoms with van der Waals surface area (Å²) in [6.45, 7) is 2.06. The summed E-state index contributed by atoms with van der Waals surface area (Å²) in [6, 6.07) is 4.14. The highest BCUT2D eigenvalue weighted by molar-refractivity contribution is 5.91. The standard InChI is InChI=1S/C15H17N5O4/c21-14(12-4-5-13(24-12)20(22)23)17-10-11-6-7-16-15(18-11)19-8-2-1-3-9-19/h4-7H,1-3,8-10H2,(H,17,21). The maximum atomic E-state index is 12.0. The van der Waals surface area contributed by atoms with Gasteiger partial charge in [-0.1, -0.05) is 0 Å². The second-order valence-electron chi connectivity index (χ2n) is 5.47. The predicted octanol–water partition coefficient (Wildman–Crippen LogP) is 1.90. The van der Waals surface area contributed by atoms with Gasteiger partial charge in [0.15, 0.2) is 5.76 Å². The number of piperidine rings is 1. The van der Waals surface area contributed by atoms with E-state index in [-0.39, 0.29) is 12.3 Å². The third-order valence-corrected chi connectivity index (χ3v) is 3.77. The quantitative estimate of drug-likeness (QED) is 0.657. The summed E-state index contributed by atoms with van der Waals surface area (Å²) in [6.07, 6.45) is 5.14. The largest absolute Gasteiger partial charge is 0.433 e. The van der Waals surface area contributed by atoms with Crippen LogP contribution in [0.25, 0.3) is 0 Å². The molecule has 1 fully saturated rings. The smallest absolute Gasteiger partial charge is 0.395 e. The van der Waals surface area contributed by atoms with Crippen LogP contribution in [0.2, 0.25) is 0 Å². The molecule has 1 saturated heterocycles. The maximum absolute atomic E-state index is 12.0. The zero-order valence-electron chi connectivity index (χ0n) is 13.0. The second kappa shape index (κ2) is 7.07. The Morgan fingerprint density at radius 2 is 2.08 bits per heavy atom. The predicted molar refractivity (Wildman–Crippen MR) is 84.6 cm³/mol. The third-order valence-electron chi connectivity index (χ3n) is 3.77. The molecule has 0 aromatic carbocycles. The molecular formula is C15H17N5O4. The van der Waals surface area contributed by atoms with Crippen molar-refractivity contribution < 1.29 is 14.1 Å². The van der Waals surface area contributed by atoms with Crippen molar-refractivity contribution >= 4 is 17.7 Å². The number of nitrogens with one attached hydrogen (secondary N) is 1. The van der Waals surface area contributed by atoms with Gasteiger partial charge in [0.25, 0.3) is 5.91 Å². The molecule has 0 spiro atoms. The fraction of sp³-hybridized carbons (Fsp3) is 0.400. The van der Waals surface area contributed by atoms with E-state index in [1.54, 1.807) is 12.3 Å². The average molecular weight is 331 g/mol. The van der Waals surface area contributed by atoms with E-state index in [9.17, 15) is 14.9 Å². The lowest BCUT2D eigenvalue weighted by Crippen LogP contribution is -2.31. The minimum Gasteiger partial charge on any atom is -0.395 e. The van der Waals surface area contributed by atoms with Gasteiger partial charge in [-0.25, -0.2) is 9.97 Å². The molecule has 0 atom stereocenters. The molecule has 126 valence electrons. The van der Waals surface area contributed by atoms with Gasteiger partial charge in [-0.05, 0) is 31.4 Å². The first-order chi connectivity index (χ1) is 11.6. The number of nitrogens with zero attached hydrogens (tertiary/aromatic N) is 4. The van der Waals surface area contributed by atoms with E-state index in [4.69, 9.17) is 4.42 Å². The summed E-state index contributed by atoms with van der Waals surface area (Å²) in [4.78, 5) is 32.7. The minimum absolute atomic E-state index is 0.105. The van der Waals surface area contributed by atoms with Crippen LogP contribution in [0.15, 0.2) is 28.8 Å². The van der Waals surface area contributed by atoms with E-state index in [2.05, 4.69) is 20.2 Å². The van der Waals surface area contributed by atoms with Gasteiger partial charge in [-0.2, -0.15) is 0 Å². The van der Waals surface area contributed by atoms with Crippen LogP contribution in [0.4, 0.5) is 11.8 Å². The first-order valence-electron chi connectivity index (χ1n) is 7.73. The Bertz CT molecular complexity index is 739. The number of carbonyl (C=O) groups excluding carboxylic acids is 1. The van der Waals surface area contributed by atoms with Gasteiger partial charge in [0.1, 0.15) is 4.92 Å². The first-order valence-corrected chi connectivity index (χ1v) is 7.73. The van der Waals surface area contributed by atoms with Gasteiger partial charge in [0, 0.05) is 19.3 Å². The Morgan fingerprint density at radius 3 is 2.79 bits per heavy atom. The van der Waals surface area contributed by atoms with Crippen molar-refractivity contribution in [2.45, 2.75) is 25.8 Å². The van der Waals surface area contributed by atoms with Gasteiger partial charge in [-0.15, -0.1) is 0 Å². The fourth-order valence-electron chi connectivity index (χ4n) is 2.54. The van der Waals surface area contributed by atoms with E-state index in [1.165, 1.54) is 12.5 Å². The van der Waals surface area contributed by atoms with Gasteiger partial charge in [0.05, 0.1) is 18.3 Å². The Labute approximate surface area is 137 Å². The number of hydrogen-bond donors (Lipinski definition) is 1. The number of rotatable bonds is 5. The number of nitro groups is 1. The molecule has 0 unspecified atom stereocenters. The van der Waals surface area contributed by atoms with Crippen LogP contribution < -0.4 is 10.2 Å². The van der Waals surface area contributed by atoms with Crippen LogP contribution in [0.3, 0.4) is 0 Å². The van der Waals surface area contributed by atoms with Crippen LogP contribution >= 0.6 is 0 Å². The number of amides is 1. The summed E-state index contributed by atoms with van der Waals surface area (Å²) in [5.41, 5.74) is 0.667. The van der Waals surface area contributed by atoms with Crippen molar-refractivity contribution in [1.29, 1.82) is 0 Å². The Kier molecular flexibility index (Phi) is 4.69. The zero-order chi connectivity index (χ0) is 16.9. The van der Waals surface area contributed by atoms with Crippen molar-refractivity contribution in [2.75, 3.05) is 18.0 Å². The molecular weight excluding hydrogens is 314 g/mol. The molecule has 0 saturated carbocycles. The highest BCUT2D eigenvalue weighted by atomic mass is 16.6. The summed E-state index contributed by atoms with van der Waals surface area (Å²) in [5.74, 6) is -0.432. The van der Waals surface area contributed by atoms with Crippen LogP contribution in [0.1, 0.15) is 35.5 Å². The molecule has 24 heavy (non-hydrogen) atoms. The first kappa shape index (κ1) is 15.9. The highest BCUT2D eigenvalue weighted by Gasteiger charge is 2.18. The van der Waals surface area contributed by atoms with Crippen molar-refractivity contribution in [3.05, 3.63) is 46.0 Å². The van der Waals surface area contributed by atoms with Crippen LogP contribution in [-0.4, -0.2) is 33.9 Å². The molecule has 0 bridgehead atoms. The summed E-state index contributed by atoms with van der Waals surface area (Å²) >= 11 is 0. The van der Waals surface area contributed by atoms with Crippen molar-refractivity contribution in [2.24, 2.45) is 0 Å². The molecule has 1 N–H and O–H groups in total. The molecule has 1 aliphatic rings. The zero-order valence-corrected chi connectivity index (χ0v) is 13.0. The van der Waals surface area contributed by atoms with E-state index in [1.807, 2.05) is 0 Å². The molecule has 2 aromatic heterocycles. The maximum Gasteiger partial charge on any atom is 0.433 e. The number of hydrogen-bond acceptors (Lipinski definition) is 7. The van der Waals surface area contributed by atoms with Crippen molar-refractivity contribution in [3.63, 3.8) is 0 Å². The van der Waals surface area contributed by atoms with E-state index < -0.39 is 16.7 Å². The lowest BCUT2D eigenvalue weighted by Gasteiger charge is -2.26. The Balaban J connectivity index is 1.61. The second-order valence-corrected chi connectivity index (χ2v) is 5.47. The third kappa shape index (κ3) is 3.67. The molecule has 2 aromatic rings. The molecule has 9 nitrogen and oxygen atoms in total. The SMILES string of the molecule is O=C(NCc1ccnc(N2CCCCC2)n1)c1ccc([N+](=O)[O-])o1. The Morgan fingerprint density at radius 1 is 1.29 bits per heavy atom. The van der Waals surface area contributed by atoms with Crippen LogP contribution in [0, 0.1) is 10.1 Å². The van der Waals surface area contributed by atoms with E-state index >= 15 is 0 Å². The molecule has 3 heterocycles. The number of aromatic nitrogens is 2. The Hall–Kier alpha value is -2.97. The van der Waals surface area contributed by atoms with Gasteiger partial charge < -0.3 is 14.6 Å². The summed E-state index contributed by atoms with van der Waals surface area (Å²) < 4.78 is 4.86. The molecule has 1 amide bonds. The molecule has 9 heteroatoms. The molecule has 0 radical (unpaired) electrons. The monoisotopic (exact) mass is 331 g/mol. The van der Waals surface area contributed by atoms with Gasteiger partial charge >= 0.3 is 5.88 Å². The summed E-state index contributed by atoms with van der Waals surface area (Å²) in [7, 11) is 0. The summed E-state index contributed by atoms with van der Waals surface area (Å²) in [5, 5.41) is 13.2. The van der Waals surface area contributed by atoms with E-state index in [0.29, 0.717) is 11.6 Å². The molecule has 0 aliphatic carbocycles. The van der Waals surface area contributed by atoms with Crippen molar-refractivity contribution in [1.82, 2.24) is 15.3 Å². The minimum atomic E-state index is -0.688. The lowest BCUT2D eigenvalue weighted by molar-refractivity contribution is -0.402. The number of carbonyl (C=O) groups is 1. The number of anilines is 1. The van der Waals surface area contributed by atoms with Crippen LogP contribution in [-0.2, 0) is 6.54 Å². The highest BCUT2D eigenvalue weighted by Crippen LogP contribution is 2.16. The molecule has 1 aliphatic heterocycles. The normalized spacial score (nSPS) is 14.4. The van der Waals surface area contributed by atoms with Crippen LogP contribution in [0.5, 0.6) is 0 Å². The van der Waals surface area contributed by atoms with E-state index in [0.717, 1.165) is 32.0 Å². The lowest BCUT2D eigenvalue weighted by atomic mass is 10.1. The van der Waals surface area contributed by atoms with Gasteiger partial charge in [-0.3, -0.25) is 14.9 Å². The van der Waals surface area contributed by atoms with Crippen molar-refractivity contribution in [3.8, 4) is 0 Å². The fourth-order valence-corrected chi connectivity index (χ4v) is 2.54. The van der Waals surface area contributed by atoms with Gasteiger partial charge in [0.2, 0.25) is 5.95 Å². The topological polar surface area (TPSA) is 114 Å². The number of furan rings is 1. The molecule has 3 rings (SSSR count).